The van der Waals surface area contributed by atoms with Crippen LogP contribution in [0.3, 0.4) is 0 Å². The monoisotopic (exact) mass is 445 g/mol. The number of fused-ring (bicyclic) bond motifs is 2. The van der Waals surface area contributed by atoms with Crippen LogP contribution >= 0.6 is 11.3 Å². The Morgan fingerprint density at radius 3 is 2.75 bits per heavy atom. The average molecular weight is 446 g/mol. The Labute approximate surface area is 187 Å². The van der Waals surface area contributed by atoms with Crippen LogP contribution in [0.15, 0.2) is 71.3 Å². The van der Waals surface area contributed by atoms with Gasteiger partial charge in [-0.25, -0.2) is 4.98 Å². The predicted octanol–water partition coefficient (Wildman–Crippen LogP) is 5.30. The van der Waals surface area contributed by atoms with Gasteiger partial charge >= 0.3 is 0 Å². The number of hydrogen-bond donors (Lipinski definition) is 0. The van der Waals surface area contributed by atoms with E-state index in [1.807, 2.05) is 48.5 Å². The minimum atomic E-state index is -0.306. The summed E-state index contributed by atoms with van der Waals surface area (Å²) in [5.74, 6) is 1.18. The molecule has 2 aromatic carbocycles. The topological polar surface area (TPSA) is 77.7 Å². The number of nitrogens with zero attached hydrogens (tertiary/aromatic N) is 3. The Hall–Kier alpha value is -3.91. The molecule has 0 aliphatic heterocycles. The SMILES string of the molecule is COc1ccc2sc(N(Cc3ccccn3)C(=O)c3cc4cccc(OC)c4o3)nc2c1. The molecule has 0 saturated heterocycles. The Bertz CT molecular complexity index is 1410. The number of rotatable bonds is 6. The molecule has 5 rings (SSSR count). The zero-order valence-electron chi connectivity index (χ0n) is 17.4. The van der Waals surface area contributed by atoms with Crippen molar-refractivity contribution >= 4 is 43.6 Å². The first kappa shape index (κ1) is 20.0. The highest BCUT2D eigenvalue weighted by atomic mass is 32.1. The van der Waals surface area contributed by atoms with Crippen LogP contribution < -0.4 is 14.4 Å². The molecule has 3 heterocycles. The normalized spacial score (nSPS) is 11.1. The number of benzene rings is 2. The third-order valence-electron chi connectivity index (χ3n) is 5.04. The summed E-state index contributed by atoms with van der Waals surface area (Å²) in [5, 5.41) is 1.34. The molecule has 1 amide bonds. The highest BCUT2D eigenvalue weighted by molar-refractivity contribution is 7.22. The van der Waals surface area contributed by atoms with Gasteiger partial charge in [0.15, 0.2) is 22.2 Å². The molecule has 0 atom stereocenters. The lowest BCUT2D eigenvalue weighted by Gasteiger charge is -2.18. The van der Waals surface area contributed by atoms with Crippen molar-refractivity contribution in [3.63, 3.8) is 0 Å². The molecule has 0 saturated carbocycles. The number of hydrogen-bond acceptors (Lipinski definition) is 7. The fraction of sp³-hybridized carbons (Fsp3) is 0.125. The van der Waals surface area contributed by atoms with E-state index in [-0.39, 0.29) is 18.2 Å². The van der Waals surface area contributed by atoms with Crippen LogP contribution in [0.25, 0.3) is 21.2 Å². The Morgan fingerprint density at radius 1 is 1.06 bits per heavy atom. The fourth-order valence-corrected chi connectivity index (χ4v) is 4.40. The molecule has 0 radical (unpaired) electrons. The Morgan fingerprint density at radius 2 is 1.97 bits per heavy atom. The van der Waals surface area contributed by atoms with Gasteiger partial charge in [0.2, 0.25) is 0 Å². The number of thiazole rings is 1. The first-order valence-corrected chi connectivity index (χ1v) is 10.7. The summed E-state index contributed by atoms with van der Waals surface area (Å²) >= 11 is 1.43. The van der Waals surface area contributed by atoms with Gasteiger partial charge in [-0.1, -0.05) is 29.5 Å². The maximum Gasteiger partial charge on any atom is 0.296 e. The van der Waals surface area contributed by atoms with Crippen molar-refractivity contribution in [1.29, 1.82) is 0 Å². The van der Waals surface area contributed by atoms with E-state index in [1.54, 1.807) is 37.4 Å². The average Bonchev–Trinajstić information content (AvgIpc) is 3.46. The summed E-state index contributed by atoms with van der Waals surface area (Å²) in [4.78, 5) is 24.3. The van der Waals surface area contributed by atoms with Gasteiger partial charge in [-0.2, -0.15) is 0 Å². The summed E-state index contributed by atoms with van der Waals surface area (Å²) in [7, 11) is 3.18. The van der Waals surface area contributed by atoms with Gasteiger partial charge in [-0.15, -0.1) is 0 Å². The molecule has 0 aliphatic rings. The minimum absolute atomic E-state index is 0.206. The summed E-state index contributed by atoms with van der Waals surface area (Å²) in [5.41, 5.74) is 2.03. The van der Waals surface area contributed by atoms with Gasteiger partial charge in [0.1, 0.15) is 5.75 Å². The second-order valence-electron chi connectivity index (χ2n) is 7.03. The van der Waals surface area contributed by atoms with Gasteiger partial charge in [-0.05, 0) is 36.4 Å². The second-order valence-corrected chi connectivity index (χ2v) is 8.04. The van der Waals surface area contributed by atoms with Crippen molar-refractivity contribution in [3.05, 3.63) is 78.3 Å². The lowest BCUT2D eigenvalue weighted by Crippen LogP contribution is -2.30. The number of anilines is 1. The maximum atomic E-state index is 13.6. The number of ether oxygens (including phenoxy) is 2. The number of para-hydroxylation sites is 1. The lowest BCUT2D eigenvalue weighted by molar-refractivity contribution is 0.0960. The number of amides is 1. The van der Waals surface area contributed by atoms with Crippen molar-refractivity contribution < 1.29 is 18.7 Å². The second kappa shape index (κ2) is 8.32. The Balaban J connectivity index is 1.59. The van der Waals surface area contributed by atoms with Crippen LogP contribution in [0.5, 0.6) is 11.5 Å². The number of aromatic nitrogens is 2. The van der Waals surface area contributed by atoms with Crippen LogP contribution in [-0.4, -0.2) is 30.1 Å². The molecule has 0 N–H and O–H groups in total. The van der Waals surface area contributed by atoms with E-state index in [2.05, 4.69) is 4.98 Å². The number of carbonyl (C=O) groups is 1. The van der Waals surface area contributed by atoms with E-state index in [0.29, 0.717) is 22.2 Å². The zero-order chi connectivity index (χ0) is 22.1. The van der Waals surface area contributed by atoms with Gasteiger partial charge in [0, 0.05) is 17.6 Å². The minimum Gasteiger partial charge on any atom is -0.497 e. The largest absolute Gasteiger partial charge is 0.497 e. The molecule has 32 heavy (non-hydrogen) atoms. The van der Waals surface area contributed by atoms with E-state index in [0.717, 1.165) is 21.3 Å². The zero-order valence-corrected chi connectivity index (χ0v) is 18.3. The molecule has 7 nitrogen and oxygen atoms in total. The van der Waals surface area contributed by atoms with Crippen LogP contribution in [-0.2, 0) is 6.54 Å². The molecule has 0 aliphatic carbocycles. The van der Waals surface area contributed by atoms with E-state index in [4.69, 9.17) is 18.9 Å². The maximum absolute atomic E-state index is 13.6. The van der Waals surface area contributed by atoms with Crippen molar-refractivity contribution in [2.24, 2.45) is 0 Å². The van der Waals surface area contributed by atoms with E-state index < -0.39 is 0 Å². The molecule has 8 heteroatoms. The van der Waals surface area contributed by atoms with E-state index in [1.165, 1.54) is 11.3 Å². The predicted molar refractivity (Wildman–Crippen MR) is 124 cm³/mol. The molecular weight excluding hydrogens is 426 g/mol. The number of carbonyl (C=O) groups excluding carboxylic acids is 1. The highest BCUT2D eigenvalue weighted by Gasteiger charge is 2.26. The highest BCUT2D eigenvalue weighted by Crippen LogP contribution is 2.34. The number of pyridine rings is 1. The number of furan rings is 1. The van der Waals surface area contributed by atoms with Gasteiger partial charge in [0.05, 0.1) is 36.7 Å². The fourth-order valence-electron chi connectivity index (χ4n) is 3.45. The molecular formula is C24H19N3O4S. The van der Waals surface area contributed by atoms with Crippen molar-refractivity contribution in [3.8, 4) is 11.5 Å². The van der Waals surface area contributed by atoms with Crippen molar-refractivity contribution in [1.82, 2.24) is 9.97 Å². The molecule has 0 spiro atoms. The molecule has 3 aromatic heterocycles. The van der Waals surface area contributed by atoms with Crippen molar-refractivity contribution in [2.45, 2.75) is 6.54 Å². The Kier molecular flexibility index (Phi) is 5.20. The molecule has 5 aromatic rings. The smallest absolute Gasteiger partial charge is 0.296 e. The van der Waals surface area contributed by atoms with Crippen molar-refractivity contribution in [2.75, 3.05) is 19.1 Å². The van der Waals surface area contributed by atoms with E-state index in [9.17, 15) is 4.79 Å². The number of methoxy groups -OCH3 is 2. The summed E-state index contributed by atoms with van der Waals surface area (Å²) < 4.78 is 17.6. The first-order chi connectivity index (χ1) is 15.7. The van der Waals surface area contributed by atoms with Crippen LogP contribution in [0.2, 0.25) is 0 Å². The van der Waals surface area contributed by atoms with Crippen LogP contribution in [0.4, 0.5) is 5.13 Å². The summed E-state index contributed by atoms with van der Waals surface area (Å²) in [6, 6.07) is 18.5. The quantitative estimate of drug-likeness (QED) is 0.353. The standard InChI is InChI=1S/C24H19N3O4S/c1-29-17-9-10-21-18(13-17)26-24(32-21)27(14-16-7-3-4-11-25-16)23(28)20-12-15-6-5-8-19(30-2)22(15)31-20/h3-13H,14H2,1-2H3. The lowest BCUT2D eigenvalue weighted by atomic mass is 10.2. The molecule has 0 bridgehead atoms. The summed E-state index contributed by atoms with van der Waals surface area (Å²) in [6.45, 7) is 0.255. The third-order valence-corrected chi connectivity index (χ3v) is 6.10. The molecule has 0 fully saturated rings. The molecule has 0 unspecified atom stereocenters. The molecule has 160 valence electrons. The first-order valence-electron chi connectivity index (χ1n) is 9.89. The van der Waals surface area contributed by atoms with E-state index >= 15 is 0 Å². The summed E-state index contributed by atoms with van der Waals surface area (Å²) in [6.07, 6.45) is 1.70. The van der Waals surface area contributed by atoms with Crippen LogP contribution in [0, 0.1) is 0 Å². The third kappa shape index (κ3) is 3.65. The van der Waals surface area contributed by atoms with Crippen LogP contribution in [0.1, 0.15) is 16.2 Å². The van der Waals surface area contributed by atoms with Gasteiger partial charge < -0.3 is 13.9 Å². The van der Waals surface area contributed by atoms with Gasteiger partial charge in [0.25, 0.3) is 5.91 Å². The van der Waals surface area contributed by atoms with Gasteiger partial charge in [-0.3, -0.25) is 14.7 Å².